The van der Waals surface area contributed by atoms with Crippen LogP contribution in [-0.4, -0.2) is 29.2 Å². The van der Waals surface area contributed by atoms with Gasteiger partial charge < -0.3 is 9.47 Å². The van der Waals surface area contributed by atoms with Crippen molar-refractivity contribution in [2.45, 2.75) is 52.3 Å². The van der Waals surface area contributed by atoms with Gasteiger partial charge in [0, 0.05) is 5.56 Å². The lowest BCUT2D eigenvalue weighted by Gasteiger charge is -2.31. The maximum atomic E-state index is 12.4. The van der Waals surface area contributed by atoms with Gasteiger partial charge in [-0.3, -0.25) is 4.90 Å². The number of carbonyl (C=O) groups is 1. The first-order valence-corrected chi connectivity index (χ1v) is 7.11. The Balaban J connectivity index is 2.22. The van der Waals surface area contributed by atoms with E-state index in [-0.39, 0.29) is 12.1 Å². The lowest BCUT2D eigenvalue weighted by molar-refractivity contribution is 0.0107. The van der Waals surface area contributed by atoms with E-state index in [4.69, 9.17) is 9.47 Å². The average Bonchev–Trinajstić information content (AvgIpc) is 2.55. The minimum atomic E-state index is -0.484. The molecule has 1 aliphatic heterocycles. The lowest BCUT2D eigenvalue weighted by atomic mass is 10.1. The molecule has 0 saturated carbocycles. The van der Waals surface area contributed by atoms with Gasteiger partial charge in [0.05, 0.1) is 12.6 Å². The molecule has 1 aliphatic rings. The minimum absolute atomic E-state index is 0.0391. The normalized spacial score (nSPS) is 18.8. The highest BCUT2D eigenvalue weighted by atomic mass is 16.6. The summed E-state index contributed by atoms with van der Waals surface area (Å²) in [6.45, 7) is 8.74. The van der Waals surface area contributed by atoms with Crippen LogP contribution in [-0.2, 0) is 11.3 Å². The number of carbonyl (C=O) groups excluding carboxylic acids is 1. The van der Waals surface area contributed by atoms with Gasteiger partial charge in [-0.2, -0.15) is 0 Å². The molecule has 0 N–H and O–H groups in total. The molecular formula is C16H23NO3. The molecule has 110 valence electrons. The zero-order valence-electron chi connectivity index (χ0n) is 12.7. The van der Waals surface area contributed by atoms with Crippen molar-refractivity contribution in [2.24, 2.45) is 0 Å². The van der Waals surface area contributed by atoms with E-state index in [0.29, 0.717) is 13.2 Å². The van der Waals surface area contributed by atoms with Crippen LogP contribution in [0.1, 0.15) is 39.7 Å². The third-order valence-corrected chi connectivity index (χ3v) is 3.28. The highest BCUT2D eigenvalue weighted by Crippen LogP contribution is 2.26. The lowest BCUT2D eigenvalue weighted by Crippen LogP contribution is -2.44. The molecule has 0 radical (unpaired) electrons. The SMILES string of the molecule is CC[C@@H]1COc2ccccc2CN1C(=O)OC(C)(C)C. The Kier molecular flexibility index (Phi) is 4.21. The Morgan fingerprint density at radius 1 is 1.40 bits per heavy atom. The van der Waals surface area contributed by atoms with Crippen molar-refractivity contribution in [1.29, 1.82) is 0 Å². The Labute approximate surface area is 120 Å². The number of benzene rings is 1. The Morgan fingerprint density at radius 2 is 2.10 bits per heavy atom. The molecule has 20 heavy (non-hydrogen) atoms. The summed E-state index contributed by atoms with van der Waals surface area (Å²) in [7, 11) is 0. The first-order valence-electron chi connectivity index (χ1n) is 7.11. The van der Waals surface area contributed by atoms with Crippen molar-refractivity contribution in [1.82, 2.24) is 4.90 Å². The van der Waals surface area contributed by atoms with Crippen LogP contribution in [0, 0.1) is 0 Å². The Morgan fingerprint density at radius 3 is 2.75 bits per heavy atom. The molecule has 1 aromatic rings. The second kappa shape index (κ2) is 5.73. The van der Waals surface area contributed by atoms with E-state index in [1.807, 2.05) is 45.0 Å². The summed E-state index contributed by atoms with van der Waals surface area (Å²) in [4.78, 5) is 14.2. The second-order valence-electron chi connectivity index (χ2n) is 6.09. The fraction of sp³-hybridized carbons (Fsp3) is 0.562. The van der Waals surface area contributed by atoms with E-state index in [1.54, 1.807) is 4.90 Å². The van der Waals surface area contributed by atoms with Gasteiger partial charge in [-0.05, 0) is 33.3 Å². The van der Waals surface area contributed by atoms with Crippen LogP contribution in [0.15, 0.2) is 24.3 Å². The standard InChI is InChI=1S/C16H23NO3/c1-5-13-11-19-14-9-7-6-8-12(14)10-17(13)15(18)20-16(2,3)4/h6-9,13H,5,10-11H2,1-4H3/t13-/m1/s1. The second-order valence-corrected chi connectivity index (χ2v) is 6.09. The number of para-hydroxylation sites is 1. The highest BCUT2D eigenvalue weighted by molar-refractivity contribution is 5.69. The van der Waals surface area contributed by atoms with Crippen LogP contribution in [0.4, 0.5) is 4.79 Å². The van der Waals surface area contributed by atoms with Gasteiger partial charge in [0.25, 0.3) is 0 Å². The average molecular weight is 277 g/mol. The van der Waals surface area contributed by atoms with Crippen LogP contribution in [0.25, 0.3) is 0 Å². The number of fused-ring (bicyclic) bond motifs is 1. The monoisotopic (exact) mass is 277 g/mol. The smallest absolute Gasteiger partial charge is 0.410 e. The van der Waals surface area contributed by atoms with Crippen molar-refractivity contribution in [3.05, 3.63) is 29.8 Å². The summed E-state index contributed by atoms with van der Waals surface area (Å²) < 4.78 is 11.3. The number of hydrogen-bond donors (Lipinski definition) is 0. The van der Waals surface area contributed by atoms with Crippen LogP contribution in [0.2, 0.25) is 0 Å². The molecule has 1 aromatic carbocycles. The zero-order valence-corrected chi connectivity index (χ0v) is 12.7. The molecular weight excluding hydrogens is 254 g/mol. The van der Waals surface area contributed by atoms with Gasteiger partial charge in [-0.25, -0.2) is 4.79 Å². The van der Waals surface area contributed by atoms with E-state index in [0.717, 1.165) is 17.7 Å². The predicted molar refractivity (Wildman–Crippen MR) is 77.8 cm³/mol. The van der Waals surface area contributed by atoms with Gasteiger partial charge in [0.2, 0.25) is 0 Å². The quantitative estimate of drug-likeness (QED) is 0.787. The van der Waals surface area contributed by atoms with Crippen molar-refractivity contribution < 1.29 is 14.3 Å². The first kappa shape index (κ1) is 14.7. The topological polar surface area (TPSA) is 38.8 Å². The summed E-state index contributed by atoms with van der Waals surface area (Å²) in [5.74, 6) is 0.858. The van der Waals surface area contributed by atoms with Gasteiger partial charge in [-0.15, -0.1) is 0 Å². The molecule has 4 nitrogen and oxygen atoms in total. The molecule has 1 atom stereocenters. The van der Waals surface area contributed by atoms with E-state index < -0.39 is 5.60 Å². The van der Waals surface area contributed by atoms with Crippen molar-refractivity contribution in [3.8, 4) is 5.75 Å². The molecule has 0 spiro atoms. The number of nitrogens with zero attached hydrogens (tertiary/aromatic N) is 1. The molecule has 0 bridgehead atoms. The summed E-state index contributed by atoms with van der Waals surface area (Å²) in [6, 6.07) is 7.88. The third kappa shape index (κ3) is 3.44. The summed E-state index contributed by atoms with van der Waals surface area (Å²) in [5.41, 5.74) is 0.538. The number of amides is 1. The molecule has 1 heterocycles. The molecule has 0 saturated heterocycles. The molecule has 0 aromatic heterocycles. The van der Waals surface area contributed by atoms with Gasteiger partial charge in [0.1, 0.15) is 18.0 Å². The Hall–Kier alpha value is -1.71. The van der Waals surface area contributed by atoms with Crippen molar-refractivity contribution in [3.63, 3.8) is 0 Å². The largest absolute Gasteiger partial charge is 0.491 e. The summed E-state index contributed by atoms with van der Waals surface area (Å²) in [6.07, 6.45) is 0.567. The van der Waals surface area contributed by atoms with Crippen molar-refractivity contribution >= 4 is 6.09 Å². The van der Waals surface area contributed by atoms with Gasteiger partial charge >= 0.3 is 6.09 Å². The molecule has 0 unspecified atom stereocenters. The fourth-order valence-corrected chi connectivity index (χ4v) is 2.24. The van der Waals surface area contributed by atoms with E-state index in [2.05, 4.69) is 6.92 Å². The van der Waals surface area contributed by atoms with E-state index >= 15 is 0 Å². The molecule has 4 heteroatoms. The maximum absolute atomic E-state index is 12.4. The van der Waals surface area contributed by atoms with Crippen LogP contribution >= 0.6 is 0 Å². The third-order valence-electron chi connectivity index (χ3n) is 3.28. The molecule has 1 amide bonds. The van der Waals surface area contributed by atoms with Gasteiger partial charge in [-0.1, -0.05) is 25.1 Å². The van der Waals surface area contributed by atoms with E-state index in [1.165, 1.54) is 0 Å². The van der Waals surface area contributed by atoms with Crippen LogP contribution < -0.4 is 4.74 Å². The van der Waals surface area contributed by atoms with Crippen molar-refractivity contribution in [2.75, 3.05) is 6.61 Å². The predicted octanol–water partition coefficient (Wildman–Crippen LogP) is 3.59. The van der Waals surface area contributed by atoms with Crippen LogP contribution in [0.3, 0.4) is 0 Å². The summed E-state index contributed by atoms with van der Waals surface area (Å²) in [5, 5.41) is 0. The highest BCUT2D eigenvalue weighted by Gasteiger charge is 2.30. The van der Waals surface area contributed by atoms with Crippen LogP contribution in [0.5, 0.6) is 5.75 Å². The van der Waals surface area contributed by atoms with E-state index in [9.17, 15) is 4.79 Å². The zero-order chi connectivity index (χ0) is 14.8. The maximum Gasteiger partial charge on any atom is 0.410 e. The Bertz CT molecular complexity index is 479. The minimum Gasteiger partial charge on any atom is -0.491 e. The number of hydrogen-bond acceptors (Lipinski definition) is 3. The first-order chi connectivity index (χ1) is 9.40. The molecule has 2 rings (SSSR count). The fourth-order valence-electron chi connectivity index (χ4n) is 2.24. The number of ether oxygens (including phenoxy) is 2. The number of rotatable bonds is 1. The summed E-state index contributed by atoms with van der Waals surface area (Å²) >= 11 is 0. The van der Waals surface area contributed by atoms with Gasteiger partial charge in [0.15, 0.2) is 0 Å². The molecule has 0 aliphatic carbocycles. The molecule has 0 fully saturated rings.